The predicted molar refractivity (Wildman–Crippen MR) is 209 cm³/mol. The fourth-order valence-corrected chi connectivity index (χ4v) is 8.17. The van der Waals surface area contributed by atoms with E-state index in [2.05, 4.69) is 53.1 Å². The summed E-state index contributed by atoms with van der Waals surface area (Å²) in [6, 6.07) is 45.1. The highest BCUT2D eigenvalue weighted by molar-refractivity contribution is 6.37. The van der Waals surface area contributed by atoms with E-state index in [-0.39, 0.29) is 22.3 Å². The molecule has 1 aromatic heterocycles. The molecule has 264 valence electrons. The highest BCUT2D eigenvalue weighted by Gasteiger charge is 2.23. The maximum absolute atomic E-state index is 14.7. The van der Waals surface area contributed by atoms with Crippen LogP contribution in [0.2, 0.25) is 0 Å². The molecule has 0 amide bonds. The van der Waals surface area contributed by atoms with Crippen molar-refractivity contribution in [3.05, 3.63) is 187 Å². The molecule has 0 aliphatic rings. The van der Waals surface area contributed by atoms with Crippen LogP contribution >= 0.6 is 0 Å². The molecule has 1 heterocycles. The van der Waals surface area contributed by atoms with Crippen molar-refractivity contribution in [3.63, 3.8) is 0 Å². The van der Waals surface area contributed by atoms with Gasteiger partial charge in [0.05, 0.1) is 11.0 Å². The van der Waals surface area contributed by atoms with Gasteiger partial charge in [-0.1, -0.05) is 84.9 Å². The molecule has 0 aliphatic heterocycles. The fourth-order valence-electron chi connectivity index (χ4n) is 8.17. The predicted octanol–water partition coefficient (Wildman–Crippen LogP) is 14.1. The summed E-state index contributed by atoms with van der Waals surface area (Å²) in [5.74, 6) is -8.78. The zero-order valence-electron chi connectivity index (χ0n) is 28.6. The van der Waals surface area contributed by atoms with Crippen molar-refractivity contribution in [1.82, 2.24) is 4.57 Å². The van der Waals surface area contributed by atoms with Gasteiger partial charge in [-0.2, -0.15) is 0 Å². The van der Waals surface area contributed by atoms with Gasteiger partial charge in [0.25, 0.3) is 0 Å². The van der Waals surface area contributed by atoms with Crippen LogP contribution in [0.5, 0.6) is 0 Å². The molecular weight excluding hydrogens is 705 g/mol. The minimum atomic E-state index is -1.62. The molecule has 9 aromatic carbocycles. The van der Waals surface area contributed by atoms with Gasteiger partial charge in [0.2, 0.25) is 0 Å². The number of rotatable bonds is 4. The first-order valence-corrected chi connectivity index (χ1v) is 17.6. The molecule has 0 saturated carbocycles. The Morgan fingerprint density at radius 1 is 0.327 bits per heavy atom. The lowest BCUT2D eigenvalue weighted by Gasteiger charge is -2.18. The number of fused-ring (bicyclic) bond motifs is 10. The van der Waals surface area contributed by atoms with Crippen molar-refractivity contribution in [1.29, 1.82) is 0 Å². The van der Waals surface area contributed by atoms with Gasteiger partial charge in [-0.05, 0) is 127 Å². The number of benzene rings is 9. The number of halogens is 6. The van der Waals surface area contributed by atoms with Crippen LogP contribution < -0.4 is 0 Å². The first-order chi connectivity index (χ1) is 26.8. The highest BCUT2D eigenvalue weighted by atomic mass is 19.2. The highest BCUT2D eigenvalue weighted by Crippen LogP contribution is 2.47. The molecule has 0 spiro atoms. The van der Waals surface area contributed by atoms with Gasteiger partial charge < -0.3 is 4.57 Å². The smallest absolute Gasteiger partial charge is 0.194 e. The standard InChI is InChI=1S/C48H25F6N/c49-39-21-28(22-40(50)46(39)53)26-18-27(29-23-41(51)47(54)42(52)24-29)20-30(19-26)37-25-38-33-13-5-7-15-35(33)44-36-16-8-9-17-43(36)55(31-10-2-1-3-11-31)48(44)45(38)34-14-6-4-12-32(34)37/h1-25H. The summed E-state index contributed by atoms with van der Waals surface area (Å²) in [7, 11) is 0. The van der Waals surface area contributed by atoms with E-state index in [0.29, 0.717) is 5.56 Å². The van der Waals surface area contributed by atoms with Crippen LogP contribution in [0.4, 0.5) is 26.3 Å². The number of para-hydroxylation sites is 2. The molecule has 0 atom stereocenters. The summed E-state index contributed by atoms with van der Waals surface area (Å²) in [5.41, 5.74) is 4.86. The van der Waals surface area contributed by atoms with Crippen LogP contribution in [0.15, 0.2) is 152 Å². The van der Waals surface area contributed by atoms with E-state index in [9.17, 15) is 26.3 Å². The van der Waals surface area contributed by atoms with Crippen LogP contribution in [0.3, 0.4) is 0 Å². The lowest BCUT2D eigenvalue weighted by molar-refractivity contribution is 0.447. The van der Waals surface area contributed by atoms with E-state index in [4.69, 9.17) is 0 Å². The minimum absolute atomic E-state index is 0.00665. The molecule has 0 aliphatic carbocycles. The summed E-state index contributed by atoms with van der Waals surface area (Å²) in [6.45, 7) is 0. The fraction of sp³-hybridized carbons (Fsp3) is 0. The Bertz CT molecular complexity index is 3100. The Balaban J connectivity index is 1.37. The number of hydrogen-bond donors (Lipinski definition) is 0. The maximum Gasteiger partial charge on any atom is 0.194 e. The molecule has 0 fully saturated rings. The molecular formula is C48H25F6N. The zero-order valence-corrected chi connectivity index (χ0v) is 28.6. The lowest BCUT2D eigenvalue weighted by atomic mass is 9.87. The summed E-state index contributed by atoms with van der Waals surface area (Å²) < 4.78 is 89.2. The average molecular weight is 730 g/mol. The molecule has 10 aromatic rings. The minimum Gasteiger partial charge on any atom is -0.309 e. The average Bonchev–Trinajstić information content (AvgIpc) is 3.56. The molecule has 55 heavy (non-hydrogen) atoms. The maximum atomic E-state index is 14.7. The van der Waals surface area contributed by atoms with Crippen LogP contribution in [-0.2, 0) is 0 Å². The number of hydrogen-bond acceptors (Lipinski definition) is 0. The summed E-state index contributed by atoms with van der Waals surface area (Å²) in [4.78, 5) is 0. The first kappa shape index (κ1) is 32.8. The molecule has 0 bridgehead atoms. The van der Waals surface area contributed by atoms with E-state index >= 15 is 0 Å². The molecule has 1 nitrogen and oxygen atoms in total. The van der Waals surface area contributed by atoms with Gasteiger partial charge in [-0.25, -0.2) is 26.3 Å². The molecule has 10 rings (SSSR count). The Morgan fingerprint density at radius 3 is 1.33 bits per heavy atom. The Labute approximate surface area is 309 Å². The quantitative estimate of drug-likeness (QED) is 0.0966. The lowest BCUT2D eigenvalue weighted by Crippen LogP contribution is -1.96. The Morgan fingerprint density at radius 2 is 0.745 bits per heavy atom. The van der Waals surface area contributed by atoms with Gasteiger partial charge in [0.15, 0.2) is 34.9 Å². The normalized spacial score (nSPS) is 11.8. The second-order valence-corrected chi connectivity index (χ2v) is 13.7. The van der Waals surface area contributed by atoms with Crippen LogP contribution in [-0.4, -0.2) is 4.57 Å². The third-order valence-corrected chi connectivity index (χ3v) is 10.5. The SMILES string of the molecule is Fc1cc(-c2cc(-c3cc(F)c(F)c(F)c3)cc(-c3cc4c5ccccc5c5c6ccccc6n(-c6ccccc6)c5c4c4ccccc34)c2)cc(F)c1F. The monoisotopic (exact) mass is 729 g/mol. The largest absolute Gasteiger partial charge is 0.309 e. The Hall–Kier alpha value is -6.86. The van der Waals surface area contributed by atoms with Crippen molar-refractivity contribution in [2.45, 2.75) is 0 Å². The van der Waals surface area contributed by atoms with Crippen LogP contribution in [0.1, 0.15) is 0 Å². The van der Waals surface area contributed by atoms with Gasteiger partial charge in [0.1, 0.15) is 0 Å². The van der Waals surface area contributed by atoms with Crippen LogP contribution in [0, 0.1) is 34.9 Å². The summed E-state index contributed by atoms with van der Waals surface area (Å²) in [6.07, 6.45) is 0. The number of aromatic nitrogens is 1. The molecule has 0 radical (unpaired) electrons. The second-order valence-electron chi connectivity index (χ2n) is 13.7. The van der Waals surface area contributed by atoms with E-state index in [1.165, 1.54) is 6.07 Å². The van der Waals surface area contributed by atoms with E-state index < -0.39 is 34.9 Å². The molecule has 0 saturated heterocycles. The van der Waals surface area contributed by atoms with Crippen molar-refractivity contribution < 1.29 is 26.3 Å². The van der Waals surface area contributed by atoms with E-state index in [1.54, 1.807) is 12.1 Å². The number of nitrogens with zero attached hydrogens (tertiary/aromatic N) is 1. The van der Waals surface area contributed by atoms with Gasteiger partial charge >= 0.3 is 0 Å². The zero-order chi connectivity index (χ0) is 37.5. The van der Waals surface area contributed by atoms with Crippen molar-refractivity contribution in [2.24, 2.45) is 0 Å². The second kappa shape index (κ2) is 12.4. The third kappa shape index (κ3) is 5.03. The van der Waals surface area contributed by atoms with Crippen molar-refractivity contribution in [2.75, 3.05) is 0 Å². The van der Waals surface area contributed by atoms with E-state index in [1.807, 2.05) is 60.7 Å². The Kier molecular flexibility index (Phi) is 7.36. The van der Waals surface area contributed by atoms with Gasteiger partial charge in [-0.3, -0.25) is 0 Å². The molecule has 0 N–H and O–H groups in total. The van der Waals surface area contributed by atoms with Crippen molar-refractivity contribution in [3.8, 4) is 39.1 Å². The molecule has 7 heteroatoms. The topological polar surface area (TPSA) is 4.93 Å². The van der Waals surface area contributed by atoms with Crippen molar-refractivity contribution >= 4 is 54.1 Å². The third-order valence-electron chi connectivity index (χ3n) is 10.5. The summed E-state index contributed by atoms with van der Waals surface area (Å²) >= 11 is 0. The molecule has 0 unspecified atom stereocenters. The van der Waals surface area contributed by atoms with Gasteiger partial charge in [0, 0.05) is 21.8 Å². The van der Waals surface area contributed by atoms with Crippen LogP contribution in [0.25, 0.3) is 93.2 Å². The van der Waals surface area contributed by atoms with Gasteiger partial charge in [-0.15, -0.1) is 0 Å². The first-order valence-electron chi connectivity index (χ1n) is 17.6. The summed E-state index contributed by atoms with van der Waals surface area (Å²) in [5, 5.41) is 7.95. The van der Waals surface area contributed by atoms with E-state index in [0.717, 1.165) is 89.6 Å².